The van der Waals surface area contributed by atoms with Gasteiger partial charge in [-0.2, -0.15) is 0 Å². The van der Waals surface area contributed by atoms with Gasteiger partial charge in [-0.3, -0.25) is 10.1 Å². The summed E-state index contributed by atoms with van der Waals surface area (Å²) in [6.45, 7) is 3.57. The van der Waals surface area contributed by atoms with Gasteiger partial charge in [-0.05, 0) is 30.9 Å². The second kappa shape index (κ2) is 5.02. The van der Waals surface area contributed by atoms with E-state index in [1.54, 1.807) is 14.0 Å². The lowest BCUT2D eigenvalue weighted by Gasteiger charge is -2.11. The SMILES string of the molecule is CNc1cc(C)c(S(=O)(=O)NC2CC2C)cc1[N+](=O)[O-]. The minimum absolute atomic E-state index is 0.0395. The zero-order valence-electron chi connectivity index (χ0n) is 11.5. The van der Waals surface area contributed by atoms with Crippen molar-refractivity contribution in [2.45, 2.75) is 31.2 Å². The Balaban J connectivity index is 2.45. The molecule has 0 aromatic heterocycles. The van der Waals surface area contributed by atoms with Crippen molar-refractivity contribution < 1.29 is 13.3 Å². The molecule has 0 aliphatic heterocycles. The first kappa shape index (κ1) is 14.7. The van der Waals surface area contributed by atoms with Crippen LogP contribution in [0.15, 0.2) is 17.0 Å². The van der Waals surface area contributed by atoms with Crippen molar-refractivity contribution in [3.63, 3.8) is 0 Å². The molecular formula is C12H17N3O4S. The molecule has 1 aromatic carbocycles. The van der Waals surface area contributed by atoms with E-state index in [9.17, 15) is 18.5 Å². The second-order valence-corrected chi connectivity index (χ2v) is 6.77. The predicted molar refractivity (Wildman–Crippen MR) is 75.3 cm³/mol. The normalized spacial score (nSPS) is 21.6. The Bertz CT molecular complexity index is 657. The van der Waals surface area contributed by atoms with E-state index in [4.69, 9.17) is 0 Å². The molecule has 2 rings (SSSR count). The fourth-order valence-corrected chi connectivity index (χ4v) is 3.67. The van der Waals surface area contributed by atoms with Gasteiger partial charge in [-0.1, -0.05) is 6.92 Å². The average Bonchev–Trinajstić information content (AvgIpc) is 3.02. The summed E-state index contributed by atoms with van der Waals surface area (Å²) >= 11 is 0. The van der Waals surface area contributed by atoms with Crippen molar-refractivity contribution in [1.29, 1.82) is 0 Å². The highest BCUT2D eigenvalue weighted by Gasteiger charge is 2.37. The molecule has 20 heavy (non-hydrogen) atoms. The summed E-state index contributed by atoms with van der Waals surface area (Å²) in [5.41, 5.74) is 0.523. The van der Waals surface area contributed by atoms with Crippen molar-refractivity contribution in [2.24, 2.45) is 5.92 Å². The molecule has 7 nitrogen and oxygen atoms in total. The summed E-state index contributed by atoms with van der Waals surface area (Å²) < 4.78 is 27.1. The first-order valence-corrected chi connectivity index (χ1v) is 7.73. The second-order valence-electron chi connectivity index (χ2n) is 5.08. The van der Waals surface area contributed by atoms with Crippen molar-refractivity contribution in [3.05, 3.63) is 27.8 Å². The van der Waals surface area contributed by atoms with Crippen LogP contribution in [0.3, 0.4) is 0 Å². The van der Waals surface area contributed by atoms with E-state index in [0.717, 1.165) is 12.5 Å². The third-order valence-corrected chi connectivity index (χ3v) is 5.10. The maximum atomic E-state index is 12.3. The summed E-state index contributed by atoms with van der Waals surface area (Å²) in [6.07, 6.45) is 0.801. The maximum Gasteiger partial charge on any atom is 0.293 e. The van der Waals surface area contributed by atoms with Crippen LogP contribution in [0.5, 0.6) is 0 Å². The number of nitrogens with one attached hydrogen (secondary N) is 2. The van der Waals surface area contributed by atoms with Gasteiger partial charge in [0, 0.05) is 19.2 Å². The van der Waals surface area contributed by atoms with Gasteiger partial charge in [0.1, 0.15) is 5.69 Å². The lowest BCUT2D eigenvalue weighted by Crippen LogP contribution is -2.27. The average molecular weight is 299 g/mol. The molecule has 0 radical (unpaired) electrons. The molecule has 0 heterocycles. The van der Waals surface area contributed by atoms with Gasteiger partial charge in [-0.25, -0.2) is 13.1 Å². The van der Waals surface area contributed by atoms with E-state index in [-0.39, 0.29) is 16.6 Å². The number of benzene rings is 1. The van der Waals surface area contributed by atoms with Gasteiger partial charge >= 0.3 is 0 Å². The first-order valence-electron chi connectivity index (χ1n) is 6.25. The van der Waals surface area contributed by atoms with Gasteiger partial charge in [0.15, 0.2) is 0 Å². The highest BCUT2D eigenvalue weighted by Crippen LogP contribution is 2.33. The van der Waals surface area contributed by atoms with Crippen molar-refractivity contribution in [2.75, 3.05) is 12.4 Å². The number of rotatable bonds is 5. The van der Waals surface area contributed by atoms with Crippen LogP contribution in [-0.2, 0) is 10.0 Å². The molecule has 0 spiro atoms. The van der Waals surface area contributed by atoms with Crippen molar-refractivity contribution in [1.82, 2.24) is 4.72 Å². The van der Waals surface area contributed by atoms with Crippen molar-refractivity contribution >= 4 is 21.4 Å². The molecule has 0 bridgehead atoms. The number of hydrogen-bond acceptors (Lipinski definition) is 5. The first-order chi connectivity index (χ1) is 9.26. The molecule has 2 unspecified atom stereocenters. The van der Waals surface area contributed by atoms with Gasteiger partial charge in [0.05, 0.1) is 9.82 Å². The minimum atomic E-state index is -3.72. The fourth-order valence-electron chi connectivity index (χ4n) is 2.07. The number of nitro benzene ring substituents is 1. The largest absolute Gasteiger partial charge is 0.383 e. The van der Waals surface area contributed by atoms with Crippen LogP contribution >= 0.6 is 0 Å². The molecule has 8 heteroatoms. The Morgan fingerprint density at radius 3 is 2.45 bits per heavy atom. The van der Waals surface area contributed by atoms with Crippen LogP contribution in [0, 0.1) is 23.0 Å². The van der Waals surface area contributed by atoms with Crippen LogP contribution < -0.4 is 10.0 Å². The zero-order chi connectivity index (χ0) is 15.1. The quantitative estimate of drug-likeness (QED) is 0.635. The smallest absolute Gasteiger partial charge is 0.293 e. The molecular weight excluding hydrogens is 282 g/mol. The van der Waals surface area contributed by atoms with Gasteiger partial charge in [0.25, 0.3) is 5.69 Å². The van der Waals surface area contributed by atoms with Crippen LogP contribution in [-0.4, -0.2) is 26.4 Å². The summed E-state index contributed by atoms with van der Waals surface area (Å²) in [5.74, 6) is 0.316. The molecule has 110 valence electrons. The summed E-state index contributed by atoms with van der Waals surface area (Å²) in [6, 6.07) is 2.52. The van der Waals surface area contributed by atoms with E-state index in [0.29, 0.717) is 17.2 Å². The maximum absolute atomic E-state index is 12.3. The highest BCUT2D eigenvalue weighted by molar-refractivity contribution is 7.89. The third kappa shape index (κ3) is 2.75. The van der Waals surface area contributed by atoms with Gasteiger partial charge < -0.3 is 5.32 Å². The molecule has 0 saturated heterocycles. The topological polar surface area (TPSA) is 101 Å². The lowest BCUT2D eigenvalue weighted by atomic mass is 10.2. The molecule has 1 fully saturated rings. The molecule has 0 amide bonds. The predicted octanol–water partition coefficient (Wildman–Crippen LogP) is 1.63. The Labute approximate surface area is 117 Å². The number of nitro groups is 1. The minimum Gasteiger partial charge on any atom is -0.383 e. The molecule has 2 atom stereocenters. The number of anilines is 1. The summed E-state index contributed by atoms with van der Waals surface area (Å²) in [7, 11) is -2.17. The molecule has 1 aliphatic carbocycles. The van der Waals surface area contributed by atoms with E-state index >= 15 is 0 Å². The van der Waals surface area contributed by atoms with Crippen LogP contribution in [0.4, 0.5) is 11.4 Å². The Hall–Kier alpha value is -1.67. The molecule has 2 N–H and O–H groups in total. The van der Waals surface area contributed by atoms with Gasteiger partial charge in [0.2, 0.25) is 10.0 Å². The molecule has 1 aromatic rings. The van der Waals surface area contributed by atoms with Gasteiger partial charge in [-0.15, -0.1) is 0 Å². The number of nitrogens with zero attached hydrogens (tertiary/aromatic N) is 1. The number of sulfonamides is 1. The van der Waals surface area contributed by atoms with E-state index in [2.05, 4.69) is 10.0 Å². The third-order valence-electron chi connectivity index (χ3n) is 3.46. The Kier molecular flexibility index (Phi) is 3.70. The van der Waals surface area contributed by atoms with Crippen LogP contribution in [0.1, 0.15) is 18.9 Å². The lowest BCUT2D eigenvalue weighted by molar-refractivity contribution is -0.384. The summed E-state index contributed by atoms with van der Waals surface area (Å²) in [5, 5.41) is 13.7. The molecule has 1 saturated carbocycles. The Morgan fingerprint density at radius 1 is 1.40 bits per heavy atom. The number of hydrogen-bond donors (Lipinski definition) is 2. The number of aryl methyl sites for hydroxylation is 1. The van der Waals surface area contributed by atoms with Crippen LogP contribution in [0.2, 0.25) is 0 Å². The van der Waals surface area contributed by atoms with E-state index < -0.39 is 14.9 Å². The van der Waals surface area contributed by atoms with E-state index in [1.165, 1.54) is 6.07 Å². The summed E-state index contributed by atoms with van der Waals surface area (Å²) in [4.78, 5) is 10.4. The van der Waals surface area contributed by atoms with Crippen molar-refractivity contribution in [3.8, 4) is 0 Å². The molecule has 1 aliphatic rings. The highest BCUT2D eigenvalue weighted by atomic mass is 32.2. The monoisotopic (exact) mass is 299 g/mol. The zero-order valence-corrected chi connectivity index (χ0v) is 12.3. The standard InChI is InChI=1S/C12H17N3O4S/c1-7-4-9(7)14-20(18,19)12-6-11(15(16)17)10(13-3)5-8(12)2/h5-7,9,13-14H,4H2,1-3H3. The van der Waals surface area contributed by atoms with Crippen LogP contribution in [0.25, 0.3) is 0 Å². The van der Waals surface area contributed by atoms with E-state index in [1.807, 2.05) is 6.92 Å². The Morgan fingerprint density at radius 2 is 2.00 bits per heavy atom. The fraction of sp³-hybridized carbons (Fsp3) is 0.500.